The van der Waals surface area contributed by atoms with Gasteiger partial charge in [0.15, 0.2) is 25.4 Å². The molecule has 4 bridgehead atoms. The van der Waals surface area contributed by atoms with Crippen LogP contribution in [0.3, 0.4) is 0 Å². The molecule has 66 heavy (non-hydrogen) atoms. The van der Waals surface area contributed by atoms with Crippen molar-refractivity contribution in [1.82, 2.24) is 5.06 Å². The van der Waals surface area contributed by atoms with Gasteiger partial charge in [-0.05, 0) is 47.0 Å². The van der Waals surface area contributed by atoms with Gasteiger partial charge in [0, 0.05) is 53.4 Å². The Morgan fingerprint density at radius 3 is 1.73 bits per heavy atom. The fourth-order valence-electron chi connectivity index (χ4n) is 7.93. The minimum Gasteiger partial charge on any atom is -0.463 e. The van der Waals surface area contributed by atoms with Crippen LogP contribution < -0.4 is 0 Å². The fraction of sp³-hybridized carbons (Fsp3) is 0.571. The zero-order valence-corrected chi connectivity index (χ0v) is 37.2. The van der Waals surface area contributed by atoms with Crippen LogP contribution in [0.1, 0.15) is 66.2 Å². The number of esters is 7. The predicted molar refractivity (Wildman–Crippen MR) is 214 cm³/mol. The summed E-state index contributed by atoms with van der Waals surface area (Å²) in [4.78, 5) is 116. The Morgan fingerprint density at radius 1 is 0.667 bits per heavy atom. The molecule has 6 heterocycles. The van der Waals surface area contributed by atoms with E-state index >= 15 is 0 Å². The average molecular weight is 952 g/mol. The maximum absolute atomic E-state index is 11.8. The van der Waals surface area contributed by atoms with Crippen molar-refractivity contribution >= 4 is 69.7 Å². The van der Waals surface area contributed by atoms with Crippen molar-refractivity contribution in [2.75, 3.05) is 19.8 Å². The second kappa shape index (κ2) is 20.9. The first kappa shape index (κ1) is 50.7. The van der Waals surface area contributed by atoms with Crippen LogP contribution in [0, 0.1) is 17.8 Å². The lowest BCUT2D eigenvalue weighted by atomic mass is 9.88. The van der Waals surface area contributed by atoms with Gasteiger partial charge in [-0.2, -0.15) is 8.42 Å². The van der Waals surface area contributed by atoms with Crippen molar-refractivity contribution in [1.29, 1.82) is 0 Å². The van der Waals surface area contributed by atoms with E-state index < -0.39 is 113 Å². The van der Waals surface area contributed by atoms with E-state index in [1.54, 1.807) is 0 Å². The van der Waals surface area contributed by atoms with Crippen molar-refractivity contribution < 1.29 is 103 Å². The number of hydrogen-bond acceptors (Lipinski definition) is 22. The van der Waals surface area contributed by atoms with Crippen LogP contribution in [-0.2, 0) is 105 Å². The second-order valence-corrected chi connectivity index (χ2v) is 18.1. The molecule has 0 spiro atoms. The van der Waals surface area contributed by atoms with E-state index in [4.69, 9.17) is 37.3 Å². The molecule has 8 fully saturated rings. The van der Waals surface area contributed by atoms with Gasteiger partial charge in [0.2, 0.25) is 6.10 Å². The minimum absolute atomic E-state index is 0.00284. The molecular formula is C42H49NO22S. The van der Waals surface area contributed by atoms with Gasteiger partial charge in [-0.15, -0.1) is 5.06 Å². The number of nitrogens with zero attached hydrogens (tertiary/aromatic N) is 1. The summed E-state index contributed by atoms with van der Waals surface area (Å²) in [6, 6.07) is 0. The Labute approximate surface area is 377 Å². The summed E-state index contributed by atoms with van der Waals surface area (Å²) in [5.74, 6) is -6.08. The monoisotopic (exact) mass is 951 g/mol. The maximum atomic E-state index is 11.8. The molecule has 0 aromatic heterocycles. The zero-order valence-electron chi connectivity index (χ0n) is 36.4. The zero-order chi connectivity index (χ0) is 48.9. The van der Waals surface area contributed by atoms with E-state index in [2.05, 4.69) is 35.9 Å². The van der Waals surface area contributed by atoms with Crippen molar-refractivity contribution in [3.05, 3.63) is 48.6 Å². The highest BCUT2D eigenvalue weighted by atomic mass is 32.2. The lowest BCUT2D eigenvalue weighted by molar-refractivity contribution is -0.194. The van der Waals surface area contributed by atoms with E-state index in [0.29, 0.717) is 37.4 Å². The molecule has 0 N–H and O–H groups in total. The molecule has 360 valence electrons. The molecule has 0 aromatic carbocycles. The first-order valence-electron chi connectivity index (χ1n) is 20.5. The molecule has 2 saturated carbocycles. The number of carbonyl (C=O) groups excluding carboxylic acids is 10. The SMILES string of the molecule is C=C(C)C(=O)OC1CCOC1=O.C=C(C)C(=O)OCC(=O)OC1C2CC3C(=O)OC1C3O2.C=C(C)C(=O)OCC(=O)OC1C2CC3C1OS(=O)(=O)C3C2.C=C(C)C(=O)ON1C(=O)CCC1=O. The Hall–Kier alpha value is -6.27. The standard InChI is InChI=1S/C13H16O7S.C13H14O7.C8H9NO4.C8H10O4/c1-6(2)13(15)18-5-10(14)19-11-7-3-8-9(4-7)21(16,17)20-12(8)11;1-5(2)12(15)17-4-8(14)19-10-7-3-6-9(18-7)11(10)20-13(6)16;1-5(2)8(12)13-9-6(10)3-4-7(9)11;1-5(2)7(9)12-6-3-4-11-8(6)10/h7-9,11-12H,1,3-5H2,2H3;6-7,9-11H,1,3-4H2,2H3;1,3-4H2,2H3;6H,1,3-4H2,2H3. The van der Waals surface area contributed by atoms with Crippen LogP contribution in [0.5, 0.6) is 0 Å². The van der Waals surface area contributed by atoms with Crippen molar-refractivity contribution in [3.8, 4) is 0 Å². The van der Waals surface area contributed by atoms with Crippen LogP contribution in [-0.4, -0.2) is 141 Å². The van der Waals surface area contributed by atoms with E-state index in [1.807, 2.05) is 0 Å². The number of rotatable bonds is 12. The Bertz CT molecular complexity index is 2210. The molecule has 11 atom stereocenters. The number of carbonyl (C=O) groups is 10. The first-order valence-corrected chi connectivity index (χ1v) is 22.0. The lowest BCUT2D eigenvalue weighted by Gasteiger charge is -2.24. The number of cyclic esters (lactones) is 1. The predicted octanol–water partition coefficient (Wildman–Crippen LogP) is 0.476. The van der Waals surface area contributed by atoms with E-state index in [1.165, 1.54) is 27.7 Å². The van der Waals surface area contributed by atoms with Crippen LogP contribution in [0.2, 0.25) is 0 Å². The van der Waals surface area contributed by atoms with E-state index in [-0.39, 0.29) is 71.1 Å². The molecule has 0 aromatic rings. The van der Waals surface area contributed by atoms with Crippen LogP contribution in [0.4, 0.5) is 0 Å². The van der Waals surface area contributed by atoms with Gasteiger partial charge in [0.05, 0.1) is 23.9 Å². The fourth-order valence-corrected chi connectivity index (χ4v) is 9.81. The van der Waals surface area contributed by atoms with Crippen molar-refractivity contribution in [3.63, 3.8) is 0 Å². The topological polar surface area (TPSA) is 300 Å². The second-order valence-electron chi connectivity index (χ2n) is 16.4. The Morgan fingerprint density at radius 2 is 1.21 bits per heavy atom. The molecule has 2 amide bonds. The molecule has 11 unspecified atom stereocenters. The number of fused-ring (bicyclic) bond motifs is 2. The highest BCUT2D eigenvalue weighted by Crippen LogP contribution is 2.55. The van der Waals surface area contributed by atoms with Crippen molar-refractivity contribution in [2.45, 2.75) is 114 Å². The molecule has 24 heteroatoms. The summed E-state index contributed by atoms with van der Waals surface area (Å²) in [7, 11) is -3.53. The van der Waals surface area contributed by atoms with Gasteiger partial charge < -0.3 is 42.7 Å². The van der Waals surface area contributed by atoms with Crippen molar-refractivity contribution in [2.24, 2.45) is 17.8 Å². The van der Waals surface area contributed by atoms with E-state index in [9.17, 15) is 56.4 Å². The van der Waals surface area contributed by atoms with Gasteiger partial charge in [0.1, 0.15) is 18.3 Å². The molecule has 8 aliphatic rings. The van der Waals surface area contributed by atoms with Gasteiger partial charge >= 0.3 is 47.8 Å². The largest absolute Gasteiger partial charge is 0.463 e. The third-order valence-electron chi connectivity index (χ3n) is 11.1. The number of ether oxygens (including phenoxy) is 8. The highest BCUT2D eigenvalue weighted by molar-refractivity contribution is 7.87. The minimum atomic E-state index is -3.53. The summed E-state index contributed by atoms with van der Waals surface area (Å²) in [5, 5.41) is 0.0421. The van der Waals surface area contributed by atoms with Crippen LogP contribution in [0.25, 0.3) is 0 Å². The van der Waals surface area contributed by atoms with Gasteiger partial charge in [-0.25, -0.2) is 33.6 Å². The summed E-state index contributed by atoms with van der Waals surface area (Å²) < 4.78 is 68.6. The highest BCUT2D eigenvalue weighted by Gasteiger charge is 2.66. The Balaban J connectivity index is 0.000000170. The summed E-state index contributed by atoms with van der Waals surface area (Å²) >= 11 is 0. The van der Waals surface area contributed by atoms with Gasteiger partial charge in [-0.1, -0.05) is 26.3 Å². The quantitative estimate of drug-likeness (QED) is 0.0844. The molecule has 6 saturated heterocycles. The average Bonchev–Trinajstić information content (AvgIpc) is 4.14. The summed E-state index contributed by atoms with van der Waals surface area (Å²) in [6.07, 6.45) is -1.36. The van der Waals surface area contributed by atoms with E-state index in [0.717, 1.165) is 0 Å². The summed E-state index contributed by atoms with van der Waals surface area (Å²) in [5.41, 5.74) is 0.826. The molecule has 23 nitrogen and oxygen atoms in total. The summed E-state index contributed by atoms with van der Waals surface area (Å²) in [6.45, 7) is 18.8. The van der Waals surface area contributed by atoms with Gasteiger partial charge in [-0.3, -0.25) is 18.6 Å². The molecule has 6 aliphatic heterocycles. The third kappa shape index (κ3) is 11.8. The molecule has 0 radical (unpaired) electrons. The molecule has 8 rings (SSSR count). The Kier molecular flexibility index (Phi) is 16.1. The normalized spacial score (nSPS) is 30.4. The van der Waals surface area contributed by atoms with Crippen LogP contribution in [0.15, 0.2) is 48.6 Å². The molecular weight excluding hydrogens is 903 g/mol. The number of amides is 2. The smallest absolute Gasteiger partial charge is 0.359 e. The number of imide groups is 1. The molecule has 2 aliphatic carbocycles. The number of hydroxylamine groups is 2. The number of hydrogen-bond donors (Lipinski definition) is 0. The third-order valence-corrected chi connectivity index (χ3v) is 12.9. The van der Waals surface area contributed by atoms with Crippen LogP contribution >= 0.6 is 0 Å². The lowest BCUT2D eigenvalue weighted by Crippen LogP contribution is -2.40. The van der Waals surface area contributed by atoms with Gasteiger partial charge in [0.25, 0.3) is 21.9 Å². The maximum Gasteiger partial charge on any atom is 0.359 e. The first-order chi connectivity index (χ1) is 30.9.